The van der Waals surface area contributed by atoms with Gasteiger partial charge in [0.25, 0.3) is 11.8 Å². The van der Waals surface area contributed by atoms with E-state index in [0.29, 0.717) is 38.1 Å². The van der Waals surface area contributed by atoms with Crippen LogP contribution >= 0.6 is 12.8 Å². The van der Waals surface area contributed by atoms with Crippen LogP contribution in [0.1, 0.15) is 40.5 Å². The number of carbonyl (C=O) groups excluding carboxylic acids is 4. The van der Waals surface area contributed by atoms with E-state index in [4.69, 9.17) is 9.47 Å². The zero-order chi connectivity index (χ0) is 20.5. The summed E-state index contributed by atoms with van der Waals surface area (Å²) < 4.78 is 12.5. The standard InChI is InChI=1S/C18H23N3O6S/c1-2-26-15(22)11-27-14-7-9-21(10-8-14)18(25)19-16(23)12-3-5-13(6-4-12)17(24)20-28/h3-6,14,28H,2,7-11H2,1H3,(H,20,24)(H,19,23,25). The van der Waals surface area contributed by atoms with Crippen molar-refractivity contribution < 1.29 is 28.7 Å². The van der Waals surface area contributed by atoms with Crippen molar-refractivity contribution in [2.75, 3.05) is 26.3 Å². The molecule has 0 aromatic heterocycles. The van der Waals surface area contributed by atoms with Crippen LogP contribution in [0, 0.1) is 0 Å². The zero-order valence-corrected chi connectivity index (χ0v) is 16.4. The van der Waals surface area contributed by atoms with Gasteiger partial charge < -0.3 is 14.4 Å². The van der Waals surface area contributed by atoms with E-state index in [1.807, 2.05) is 0 Å². The number of benzene rings is 1. The number of nitrogens with one attached hydrogen (secondary N) is 2. The third-order valence-corrected chi connectivity index (χ3v) is 4.41. The fourth-order valence-electron chi connectivity index (χ4n) is 2.70. The van der Waals surface area contributed by atoms with Gasteiger partial charge in [-0.25, -0.2) is 9.59 Å². The minimum atomic E-state index is -0.552. The van der Waals surface area contributed by atoms with Crippen molar-refractivity contribution in [2.45, 2.75) is 25.9 Å². The first-order valence-corrected chi connectivity index (χ1v) is 9.31. The summed E-state index contributed by atoms with van der Waals surface area (Å²) >= 11 is 3.68. The Morgan fingerprint density at radius 3 is 2.18 bits per heavy atom. The molecule has 0 bridgehead atoms. The van der Waals surface area contributed by atoms with Gasteiger partial charge in [-0.3, -0.25) is 19.6 Å². The molecule has 1 heterocycles. The van der Waals surface area contributed by atoms with Crippen LogP contribution in [0.4, 0.5) is 4.79 Å². The number of piperidine rings is 1. The van der Waals surface area contributed by atoms with Crippen molar-refractivity contribution in [2.24, 2.45) is 0 Å². The zero-order valence-electron chi connectivity index (χ0n) is 15.5. The van der Waals surface area contributed by atoms with E-state index in [2.05, 4.69) is 22.9 Å². The second-order valence-electron chi connectivity index (χ2n) is 6.08. The Bertz CT molecular complexity index is 717. The molecule has 9 nitrogen and oxygen atoms in total. The lowest BCUT2D eigenvalue weighted by Gasteiger charge is -2.31. The molecule has 4 amide bonds. The summed E-state index contributed by atoms with van der Waals surface area (Å²) in [5, 5.41) is 2.33. The number of ether oxygens (including phenoxy) is 2. The predicted octanol–water partition coefficient (Wildman–Crippen LogP) is 1.16. The fraction of sp³-hybridized carbons (Fsp3) is 0.444. The number of imide groups is 1. The summed E-state index contributed by atoms with van der Waals surface area (Å²) in [5.74, 6) is -1.35. The molecule has 1 aliphatic rings. The van der Waals surface area contributed by atoms with E-state index in [1.54, 1.807) is 6.92 Å². The number of nitrogens with zero attached hydrogens (tertiary/aromatic N) is 1. The lowest BCUT2D eigenvalue weighted by Crippen LogP contribution is -2.47. The van der Waals surface area contributed by atoms with E-state index in [0.717, 1.165) is 0 Å². The Morgan fingerprint density at radius 2 is 1.64 bits per heavy atom. The average Bonchev–Trinajstić information content (AvgIpc) is 2.72. The molecular formula is C18H23N3O6S. The van der Waals surface area contributed by atoms with Gasteiger partial charge in [0.1, 0.15) is 6.61 Å². The largest absolute Gasteiger partial charge is 0.464 e. The number of hydrogen-bond acceptors (Lipinski definition) is 7. The Balaban J connectivity index is 1.78. The number of esters is 1. The quantitative estimate of drug-likeness (QED) is 0.480. The lowest BCUT2D eigenvalue weighted by molar-refractivity contribution is -0.151. The smallest absolute Gasteiger partial charge is 0.332 e. The van der Waals surface area contributed by atoms with Crippen LogP contribution in [0.25, 0.3) is 0 Å². The molecule has 2 N–H and O–H groups in total. The Kier molecular flexibility index (Phi) is 8.27. The molecule has 0 saturated carbocycles. The Morgan fingerprint density at radius 1 is 1.07 bits per heavy atom. The van der Waals surface area contributed by atoms with Crippen LogP contribution in [-0.4, -0.2) is 61.1 Å². The number of carbonyl (C=O) groups is 4. The van der Waals surface area contributed by atoms with Gasteiger partial charge in [-0.1, -0.05) is 12.8 Å². The van der Waals surface area contributed by atoms with Crippen LogP contribution in [0.5, 0.6) is 0 Å². The number of amides is 4. The minimum absolute atomic E-state index is 0.107. The van der Waals surface area contributed by atoms with Gasteiger partial charge in [-0.15, -0.1) is 0 Å². The SMILES string of the molecule is CCOC(=O)COC1CCN(C(=O)NC(=O)c2ccc(C(=O)NS)cc2)CC1. The number of likely N-dealkylation sites (tertiary alicyclic amines) is 1. The highest BCUT2D eigenvalue weighted by Crippen LogP contribution is 2.14. The molecule has 1 aromatic rings. The van der Waals surface area contributed by atoms with Gasteiger partial charge in [0.05, 0.1) is 12.7 Å². The van der Waals surface area contributed by atoms with Crippen LogP contribution in [-0.2, 0) is 14.3 Å². The van der Waals surface area contributed by atoms with Gasteiger partial charge in [-0.2, -0.15) is 0 Å². The Hall–Kier alpha value is -2.59. The maximum absolute atomic E-state index is 12.3. The normalized spacial score (nSPS) is 14.3. The molecule has 0 aliphatic carbocycles. The first kappa shape index (κ1) is 21.7. The molecule has 28 heavy (non-hydrogen) atoms. The highest BCUT2D eigenvalue weighted by atomic mass is 32.1. The van der Waals surface area contributed by atoms with Gasteiger partial charge >= 0.3 is 12.0 Å². The first-order chi connectivity index (χ1) is 13.4. The third-order valence-electron chi connectivity index (χ3n) is 4.20. The van der Waals surface area contributed by atoms with Gasteiger partial charge in [0.15, 0.2) is 0 Å². The van der Waals surface area contributed by atoms with Crippen LogP contribution < -0.4 is 10.0 Å². The molecule has 1 saturated heterocycles. The van der Waals surface area contributed by atoms with Gasteiger partial charge in [0, 0.05) is 24.2 Å². The summed E-state index contributed by atoms with van der Waals surface area (Å²) in [4.78, 5) is 48.7. The lowest BCUT2D eigenvalue weighted by atomic mass is 10.1. The molecule has 152 valence electrons. The number of thiol groups is 1. The van der Waals surface area contributed by atoms with Crippen LogP contribution in [0.3, 0.4) is 0 Å². The summed E-state index contributed by atoms with van der Waals surface area (Å²) in [5.41, 5.74) is 0.611. The number of urea groups is 1. The molecule has 0 atom stereocenters. The van der Waals surface area contributed by atoms with Crippen molar-refractivity contribution in [3.05, 3.63) is 35.4 Å². The predicted molar refractivity (Wildman–Crippen MR) is 103 cm³/mol. The summed E-state index contributed by atoms with van der Waals surface area (Å²) in [6.07, 6.45) is 0.998. The molecule has 0 radical (unpaired) electrons. The van der Waals surface area contributed by atoms with E-state index < -0.39 is 17.9 Å². The molecule has 0 spiro atoms. The van der Waals surface area contributed by atoms with Crippen LogP contribution in [0.2, 0.25) is 0 Å². The van der Waals surface area contributed by atoms with Crippen molar-refractivity contribution in [1.29, 1.82) is 0 Å². The van der Waals surface area contributed by atoms with Crippen molar-refractivity contribution in [3.63, 3.8) is 0 Å². The molecule has 1 aromatic carbocycles. The third kappa shape index (κ3) is 6.24. The van der Waals surface area contributed by atoms with Crippen molar-refractivity contribution in [1.82, 2.24) is 14.9 Å². The molecule has 0 unspecified atom stereocenters. The summed E-state index contributed by atoms with van der Waals surface area (Å²) in [7, 11) is 0. The molecule has 10 heteroatoms. The number of hydrogen-bond donors (Lipinski definition) is 3. The van der Waals surface area contributed by atoms with Crippen molar-refractivity contribution in [3.8, 4) is 0 Å². The van der Waals surface area contributed by atoms with E-state index >= 15 is 0 Å². The summed E-state index contributed by atoms with van der Waals surface area (Å²) in [6.45, 7) is 2.75. The minimum Gasteiger partial charge on any atom is -0.464 e. The fourth-order valence-corrected chi connectivity index (χ4v) is 2.83. The second kappa shape index (κ2) is 10.7. The monoisotopic (exact) mass is 409 g/mol. The first-order valence-electron chi connectivity index (χ1n) is 8.86. The summed E-state index contributed by atoms with van der Waals surface area (Å²) in [6, 6.07) is 5.35. The maximum atomic E-state index is 12.3. The maximum Gasteiger partial charge on any atom is 0.332 e. The molecule has 1 aliphatic heterocycles. The van der Waals surface area contributed by atoms with E-state index in [1.165, 1.54) is 29.2 Å². The second-order valence-corrected chi connectivity index (χ2v) is 6.30. The average molecular weight is 409 g/mol. The van der Waals surface area contributed by atoms with Gasteiger partial charge in [0.2, 0.25) is 0 Å². The van der Waals surface area contributed by atoms with E-state index in [-0.39, 0.29) is 24.2 Å². The molecule has 1 fully saturated rings. The topological polar surface area (TPSA) is 114 Å². The highest BCUT2D eigenvalue weighted by Gasteiger charge is 2.25. The van der Waals surface area contributed by atoms with Crippen molar-refractivity contribution >= 4 is 36.6 Å². The van der Waals surface area contributed by atoms with E-state index in [9.17, 15) is 19.2 Å². The highest BCUT2D eigenvalue weighted by molar-refractivity contribution is 7.78. The Labute approximate surface area is 168 Å². The van der Waals surface area contributed by atoms with Crippen LogP contribution in [0.15, 0.2) is 24.3 Å². The number of rotatable bonds is 6. The van der Waals surface area contributed by atoms with Gasteiger partial charge in [-0.05, 0) is 44.0 Å². The molecular weight excluding hydrogens is 386 g/mol. The molecule has 2 rings (SSSR count).